The van der Waals surface area contributed by atoms with Crippen LogP contribution >= 0.6 is 0 Å². The molecule has 0 aromatic heterocycles. The Bertz CT molecular complexity index is 146. The van der Waals surface area contributed by atoms with Gasteiger partial charge in [0.1, 0.15) is 0 Å². The number of carboxylic acid groups (broad SMARTS) is 2. The van der Waals surface area contributed by atoms with Gasteiger partial charge in [-0.15, -0.1) is 0 Å². The van der Waals surface area contributed by atoms with Crippen molar-refractivity contribution in [1.82, 2.24) is 0 Å². The van der Waals surface area contributed by atoms with E-state index in [9.17, 15) is 9.59 Å². The number of rotatable bonds is 3. The van der Waals surface area contributed by atoms with E-state index in [4.69, 9.17) is 10.2 Å². The molecule has 0 fully saturated rings. The molecular weight excluding hydrogens is 198 g/mol. The summed E-state index contributed by atoms with van der Waals surface area (Å²) in [6.07, 6.45) is 0. The minimum absolute atomic E-state index is 0. The molecule has 0 radical (unpaired) electrons. The van der Waals surface area contributed by atoms with Gasteiger partial charge in [0.05, 0.1) is 0 Å². The molecule has 0 aliphatic heterocycles. The summed E-state index contributed by atoms with van der Waals surface area (Å²) in [5.41, 5.74) is 0. The predicted octanol–water partition coefficient (Wildman–Crippen LogP) is -0.869. The van der Waals surface area contributed by atoms with Crippen molar-refractivity contribution in [2.75, 3.05) is 0 Å². The van der Waals surface area contributed by atoms with Gasteiger partial charge in [0, 0.05) is 0 Å². The van der Waals surface area contributed by atoms with Crippen molar-refractivity contribution in [2.24, 2.45) is 11.8 Å². The van der Waals surface area contributed by atoms with Crippen LogP contribution < -0.4 is 0 Å². The van der Waals surface area contributed by atoms with Gasteiger partial charge in [0.15, 0.2) is 5.92 Å². The Morgan fingerprint density at radius 2 is 1.33 bits per heavy atom. The molecule has 0 saturated heterocycles. The fraction of sp³-hybridized carbons (Fsp3) is 0.667. The molecule has 12 heavy (non-hydrogen) atoms. The van der Waals surface area contributed by atoms with Gasteiger partial charge in [0.2, 0.25) is 0 Å². The van der Waals surface area contributed by atoms with E-state index in [1.54, 1.807) is 13.8 Å². The standard InChI is InChI=1S/C6H10O4.K.Na.2H/c1-3(2)4(5(7)8)6(9)10;;;;/h3-4H,1-2H3,(H,7,8)(H,9,10);;;;. The molecule has 0 unspecified atom stereocenters. The van der Waals surface area contributed by atoms with Gasteiger partial charge >= 0.3 is 92.9 Å². The van der Waals surface area contributed by atoms with E-state index in [0.29, 0.717) is 0 Å². The molecule has 0 heterocycles. The Hall–Kier alpha value is 1.58. The summed E-state index contributed by atoms with van der Waals surface area (Å²) in [5.74, 6) is -4.19. The van der Waals surface area contributed by atoms with E-state index < -0.39 is 17.9 Å². The van der Waals surface area contributed by atoms with E-state index in [0.717, 1.165) is 0 Å². The maximum absolute atomic E-state index is 10.2. The van der Waals surface area contributed by atoms with E-state index in [2.05, 4.69) is 0 Å². The molecule has 0 amide bonds. The maximum atomic E-state index is 10.2. The molecule has 0 aliphatic rings. The van der Waals surface area contributed by atoms with Crippen LogP contribution in [0.1, 0.15) is 13.8 Å². The van der Waals surface area contributed by atoms with Crippen molar-refractivity contribution in [3.8, 4) is 0 Å². The summed E-state index contributed by atoms with van der Waals surface area (Å²) in [7, 11) is 0. The van der Waals surface area contributed by atoms with Crippen LogP contribution in [-0.4, -0.2) is 103 Å². The van der Waals surface area contributed by atoms with Gasteiger partial charge < -0.3 is 10.2 Å². The molecule has 0 spiro atoms. The number of carboxylic acids is 2. The third-order valence-corrected chi connectivity index (χ3v) is 1.20. The van der Waals surface area contributed by atoms with Crippen LogP contribution in [0, 0.1) is 11.8 Å². The van der Waals surface area contributed by atoms with Crippen LogP contribution in [0.15, 0.2) is 0 Å². The van der Waals surface area contributed by atoms with E-state index >= 15 is 0 Å². The summed E-state index contributed by atoms with van der Waals surface area (Å²) in [5, 5.41) is 16.7. The zero-order valence-electron chi connectivity index (χ0n) is 5.87. The molecule has 6 heteroatoms. The predicted molar refractivity (Wildman–Crippen MR) is 47.9 cm³/mol. The van der Waals surface area contributed by atoms with Crippen LogP contribution in [0.25, 0.3) is 0 Å². The first-order chi connectivity index (χ1) is 4.46. The van der Waals surface area contributed by atoms with Crippen LogP contribution in [-0.2, 0) is 9.59 Å². The van der Waals surface area contributed by atoms with Crippen molar-refractivity contribution in [3.63, 3.8) is 0 Å². The van der Waals surface area contributed by atoms with Crippen LogP contribution in [0.3, 0.4) is 0 Å². The summed E-state index contributed by atoms with van der Waals surface area (Å²) in [4.78, 5) is 20.4. The average molecular weight is 210 g/mol. The monoisotopic (exact) mass is 210 g/mol. The zero-order chi connectivity index (χ0) is 8.31. The van der Waals surface area contributed by atoms with E-state index in [-0.39, 0.29) is 86.9 Å². The Morgan fingerprint density at radius 1 is 1.08 bits per heavy atom. The Balaban J connectivity index is -0.000000405. The fourth-order valence-electron chi connectivity index (χ4n) is 0.676. The Kier molecular flexibility index (Phi) is 14.6. The van der Waals surface area contributed by atoms with Gasteiger partial charge in [-0.3, -0.25) is 9.59 Å². The first-order valence-corrected chi connectivity index (χ1v) is 2.92. The molecule has 0 aromatic carbocycles. The fourth-order valence-corrected chi connectivity index (χ4v) is 0.676. The Labute approximate surface area is 136 Å². The second-order valence-electron chi connectivity index (χ2n) is 2.40. The average Bonchev–Trinajstić information content (AvgIpc) is 1.59. The summed E-state index contributed by atoms with van der Waals surface area (Å²) < 4.78 is 0. The van der Waals surface area contributed by atoms with Crippen molar-refractivity contribution in [3.05, 3.63) is 0 Å². The number of hydrogen-bond donors (Lipinski definition) is 2. The second kappa shape index (κ2) is 9.14. The zero-order valence-corrected chi connectivity index (χ0v) is 5.87. The number of carbonyl (C=O) groups is 2. The Morgan fingerprint density at radius 3 is 1.33 bits per heavy atom. The van der Waals surface area contributed by atoms with Gasteiger partial charge in [-0.25, -0.2) is 0 Å². The molecular formula is C6H12KNaO4. The number of hydrogen-bond acceptors (Lipinski definition) is 2. The normalized spacial score (nSPS) is 8.67. The molecule has 0 bridgehead atoms. The minimum atomic E-state index is -1.28. The van der Waals surface area contributed by atoms with Crippen molar-refractivity contribution >= 4 is 92.9 Å². The first kappa shape index (κ1) is 19.2. The van der Waals surface area contributed by atoms with Crippen LogP contribution in [0.4, 0.5) is 0 Å². The summed E-state index contributed by atoms with van der Waals surface area (Å²) in [6.45, 7) is 3.12. The van der Waals surface area contributed by atoms with Gasteiger partial charge in [-0.05, 0) is 5.92 Å². The molecule has 0 saturated carbocycles. The third kappa shape index (κ3) is 7.03. The number of aliphatic carboxylic acids is 2. The summed E-state index contributed by atoms with van der Waals surface area (Å²) >= 11 is 0. The van der Waals surface area contributed by atoms with Crippen LogP contribution in [0.2, 0.25) is 0 Å². The molecule has 0 rings (SSSR count). The summed E-state index contributed by atoms with van der Waals surface area (Å²) in [6, 6.07) is 0. The van der Waals surface area contributed by atoms with E-state index in [1.165, 1.54) is 0 Å². The van der Waals surface area contributed by atoms with Gasteiger partial charge in [-0.2, -0.15) is 0 Å². The molecule has 2 N–H and O–H groups in total. The van der Waals surface area contributed by atoms with Crippen LogP contribution in [0.5, 0.6) is 0 Å². The van der Waals surface area contributed by atoms with Crippen molar-refractivity contribution in [1.29, 1.82) is 0 Å². The van der Waals surface area contributed by atoms with Crippen molar-refractivity contribution < 1.29 is 19.8 Å². The first-order valence-electron chi connectivity index (χ1n) is 2.92. The molecule has 0 aliphatic carbocycles. The molecule has 4 nitrogen and oxygen atoms in total. The molecule has 0 atom stereocenters. The SMILES string of the molecule is CC(C)C(C(=O)O)C(=O)O.[KH].[NaH]. The molecule has 62 valence electrons. The second-order valence-corrected chi connectivity index (χ2v) is 2.40. The quantitative estimate of drug-likeness (QED) is 0.469. The molecule has 0 aromatic rings. The van der Waals surface area contributed by atoms with Crippen molar-refractivity contribution in [2.45, 2.75) is 13.8 Å². The third-order valence-electron chi connectivity index (χ3n) is 1.20. The topological polar surface area (TPSA) is 74.6 Å². The van der Waals surface area contributed by atoms with E-state index in [1.807, 2.05) is 0 Å². The van der Waals surface area contributed by atoms with Gasteiger partial charge in [-0.1, -0.05) is 13.8 Å². The van der Waals surface area contributed by atoms with Gasteiger partial charge in [0.25, 0.3) is 0 Å².